The maximum absolute atomic E-state index is 14.7. The van der Waals surface area contributed by atoms with Gasteiger partial charge in [-0.1, -0.05) is 19.1 Å². The molecule has 1 spiro atoms. The molecule has 0 aromatic heterocycles. The van der Waals surface area contributed by atoms with Crippen molar-refractivity contribution in [1.29, 1.82) is 0 Å². The van der Waals surface area contributed by atoms with E-state index in [1.165, 1.54) is 12.1 Å². The Balaban J connectivity index is 1.35. The number of likely N-dealkylation sites (tertiary alicyclic amines) is 1. The molecular weight excluding hydrogens is 608 g/mol. The van der Waals surface area contributed by atoms with Crippen LogP contribution in [0.2, 0.25) is 18.6 Å². The molecule has 246 valence electrons. The lowest BCUT2D eigenvalue weighted by molar-refractivity contribution is -0.385. The smallest absolute Gasteiger partial charge is 0.269 e. The van der Waals surface area contributed by atoms with Gasteiger partial charge in [0.25, 0.3) is 11.6 Å². The molecule has 3 amide bonds. The number of nitro groups is 1. The fourth-order valence-electron chi connectivity index (χ4n) is 8.22. The van der Waals surface area contributed by atoms with Crippen molar-refractivity contribution in [2.75, 3.05) is 29.5 Å². The molecule has 0 unspecified atom stereocenters. The molecule has 46 heavy (non-hydrogen) atoms. The van der Waals surface area contributed by atoms with Crippen molar-refractivity contribution in [1.82, 2.24) is 4.90 Å². The molecule has 2 aromatic carbocycles. The molecule has 4 aliphatic rings. The summed E-state index contributed by atoms with van der Waals surface area (Å²) in [6.45, 7) is 6.58. The lowest BCUT2D eigenvalue weighted by atomic mass is 9.82. The second kappa shape index (κ2) is 12.2. The maximum atomic E-state index is 14.7. The van der Waals surface area contributed by atoms with Gasteiger partial charge in [0.15, 0.2) is 13.9 Å². The van der Waals surface area contributed by atoms with E-state index in [4.69, 9.17) is 4.74 Å². The SMILES string of the molecule is C[C@H]1[C@H]([Si](C)(C)O)[C@@H](CC(=O)N2CCC[C@H]2CO)O[C@]12C(=O)N(Cc1ccc(N3CCCCC3=O)cc1)c1ccc([N+](=O)[O-])cc12. The minimum Gasteiger partial charge on any atom is -0.432 e. The molecule has 5 atom stereocenters. The molecule has 2 N–H and O–H groups in total. The second-order valence-corrected chi connectivity index (χ2v) is 17.6. The average Bonchev–Trinajstić information content (AvgIpc) is 3.68. The van der Waals surface area contributed by atoms with Crippen molar-refractivity contribution >= 4 is 43.1 Å². The van der Waals surface area contributed by atoms with Crippen LogP contribution >= 0.6 is 0 Å². The fourth-order valence-corrected chi connectivity index (χ4v) is 10.8. The second-order valence-electron chi connectivity index (χ2n) is 13.6. The average molecular weight is 651 g/mol. The summed E-state index contributed by atoms with van der Waals surface area (Å²) >= 11 is 0. The number of aliphatic hydroxyl groups excluding tert-OH is 1. The number of anilines is 2. The van der Waals surface area contributed by atoms with Crippen molar-refractivity contribution in [2.24, 2.45) is 5.92 Å². The van der Waals surface area contributed by atoms with E-state index in [0.29, 0.717) is 37.2 Å². The summed E-state index contributed by atoms with van der Waals surface area (Å²) in [6, 6.07) is 11.6. The molecule has 0 radical (unpaired) electrons. The number of piperidine rings is 1. The summed E-state index contributed by atoms with van der Waals surface area (Å²) in [5, 5.41) is 21.7. The largest absolute Gasteiger partial charge is 0.432 e. The van der Waals surface area contributed by atoms with Crippen LogP contribution in [0, 0.1) is 16.0 Å². The molecular formula is C33H42N4O8Si. The van der Waals surface area contributed by atoms with Crippen LogP contribution in [0.4, 0.5) is 17.1 Å². The van der Waals surface area contributed by atoms with Crippen LogP contribution < -0.4 is 9.80 Å². The van der Waals surface area contributed by atoms with Crippen molar-refractivity contribution in [2.45, 2.75) is 88.4 Å². The molecule has 3 saturated heterocycles. The zero-order valence-electron chi connectivity index (χ0n) is 26.6. The van der Waals surface area contributed by atoms with Gasteiger partial charge in [-0.25, -0.2) is 0 Å². The highest BCUT2D eigenvalue weighted by Gasteiger charge is 2.66. The number of nitrogens with zero attached hydrogens (tertiary/aromatic N) is 4. The van der Waals surface area contributed by atoms with Crippen molar-refractivity contribution in [3.05, 3.63) is 63.7 Å². The standard InChI is InChI=1S/C33H42N4O8Si/c1-21-31(46(2,3)44)28(18-30(40)35-16-6-7-25(35)20-38)45-33(21)26-17-24(37(42)43)13-14-27(26)36(32(33)41)19-22-9-11-23(12-10-22)34-15-5-4-8-29(34)39/h9-14,17,21,25,28,31,38,44H,4-8,15-16,18-20H2,1-3H3/t21-,25-,28+,31-,33+/m0/s1. The molecule has 13 heteroatoms. The Kier molecular flexibility index (Phi) is 8.55. The molecule has 3 fully saturated rings. The summed E-state index contributed by atoms with van der Waals surface area (Å²) in [4.78, 5) is 68.6. The minimum atomic E-state index is -3.07. The van der Waals surface area contributed by atoms with Crippen molar-refractivity contribution < 1.29 is 33.9 Å². The van der Waals surface area contributed by atoms with Gasteiger partial charge in [0, 0.05) is 54.4 Å². The van der Waals surface area contributed by atoms with Gasteiger partial charge in [0.1, 0.15) is 0 Å². The lowest BCUT2D eigenvalue weighted by Gasteiger charge is -2.32. The van der Waals surface area contributed by atoms with Crippen molar-refractivity contribution in [3.8, 4) is 0 Å². The maximum Gasteiger partial charge on any atom is 0.269 e. The molecule has 12 nitrogen and oxygen atoms in total. The molecule has 4 heterocycles. The van der Waals surface area contributed by atoms with Gasteiger partial charge in [0.2, 0.25) is 11.8 Å². The Labute approximate surface area is 269 Å². The third-order valence-corrected chi connectivity index (χ3v) is 12.9. The van der Waals surface area contributed by atoms with Crippen LogP contribution in [0.15, 0.2) is 42.5 Å². The van der Waals surface area contributed by atoms with Gasteiger partial charge >= 0.3 is 0 Å². The molecule has 4 aliphatic heterocycles. The van der Waals surface area contributed by atoms with Crippen LogP contribution in [-0.4, -0.2) is 77.6 Å². The predicted molar refractivity (Wildman–Crippen MR) is 173 cm³/mol. The number of fused-ring (bicyclic) bond motifs is 2. The predicted octanol–water partition coefficient (Wildman–Crippen LogP) is 3.83. The van der Waals surface area contributed by atoms with E-state index >= 15 is 0 Å². The summed E-state index contributed by atoms with van der Waals surface area (Å²) in [5.41, 5.74) is 0.114. The van der Waals surface area contributed by atoms with Crippen LogP contribution in [-0.2, 0) is 31.3 Å². The van der Waals surface area contributed by atoms with Gasteiger partial charge in [-0.05, 0) is 62.5 Å². The van der Waals surface area contributed by atoms with Gasteiger partial charge in [-0.15, -0.1) is 0 Å². The first-order valence-corrected chi connectivity index (χ1v) is 19.2. The topological polar surface area (TPSA) is 154 Å². The highest BCUT2D eigenvalue weighted by Crippen LogP contribution is 2.60. The van der Waals surface area contributed by atoms with Gasteiger partial charge in [0.05, 0.1) is 42.3 Å². The van der Waals surface area contributed by atoms with Gasteiger partial charge < -0.3 is 29.3 Å². The number of nitro benzene ring substituents is 1. The summed E-state index contributed by atoms with van der Waals surface area (Å²) in [7, 11) is -3.07. The number of amides is 3. The van der Waals surface area contributed by atoms with E-state index in [2.05, 4.69) is 0 Å². The summed E-state index contributed by atoms with van der Waals surface area (Å²) in [5.74, 6) is -1.09. The summed E-state index contributed by atoms with van der Waals surface area (Å²) in [6.07, 6.45) is 2.97. The van der Waals surface area contributed by atoms with Gasteiger partial charge in [-0.3, -0.25) is 24.5 Å². The lowest BCUT2D eigenvalue weighted by Crippen LogP contribution is -2.46. The first kappa shape index (κ1) is 32.3. The summed E-state index contributed by atoms with van der Waals surface area (Å²) < 4.78 is 6.72. The molecule has 2 aromatic rings. The van der Waals surface area contributed by atoms with Crippen LogP contribution in [0.25, 0.3) is 0 Å². The number of carbonyl (C=O) groups excluding carboxylic acids is 3. The van der Waals surface area contributed by atoms with Gasteiger partial charge in [-0.2, -0.15) is 0 Å². The van der Waals surface area contributed by atoms with E-state index in [1.807, 2.05) is 31.2 Å². The normalized spacial score (nSPS) is 28.0. The van der Waals surface area contributed by atoms with E-state index in [-0.39, 0.29) is 43.1 Å². The Morgan fingerprint density at radius 1 is 1.11 bits per heavy atom. The van der Waals surface area contributed by atoms with Crippen molar-refractivity contribution in [3.63, 3.8) is 0 Å². The van der Waals surface area contributed by atoms with E-state index < -0.39 is 42.3 Å². The zero-order chi connectivity index (χ0) is 33.0. The first-order chi connectivity index (χ1) is 21.9. The molecule has 6 rings (SSSR count). The van der Waals surface area contributed by atoms with Crippen LogP contribution in [0.1, 0.15) is 56.6 Å². The van der Waals surface area contributed by atoms with Crippen LogP contribution in [0.3, 0.4) is 0 Å². The Morgan fingerprint density at radius 3 is 2.50 bits per heavy atom. The number of carbonyl (C=O) groups is 3. The van der Waals surface area contributed by atoms with E-state index in [9.17, 15) is 34.4 Å². The van der Waals surface area contributed by atoms with E-state index in [1.54, 1.807) is 33.9 Å². The number of rotatable bonds is 8. The minimum absolute atomic E-state index is 0.0710. The number of benzene rings is 2. The number of hydrogen-bond acceptors (Lipinski definition) is 8. The van der Waals surface area contributed by atoms with Crippen LogP contribution in [0.5, 0.6) is 0 Å². The highest BCUT2D eigenvalue weighted by molar-refractivity contribution is 6.71. The van der Waals surface area contributed by atoms with E-state index in [0.717, 1.165) is 30.5 Å². The first-order valence-electron chi connectivity index (χ1n) is 16.2. The molecule has 0 saturated carbocycles. The zero-order valence-corrected chi connectivity index (χ0v) is 27.6. The molecule has 0 aliphatic carbocycles. The highest BCUT2D eigenvalue weighted by atomic mass is 28.4. The number of hydrogen-bond donors (Lipinski definition) is 2. The monoisotopic (exact) mass is 650 g/mol. The molecule has 0 bridgehead atoms. The Morgan fingerprint density at radius 2 is 1.85 bits per heavy atom. The third-order valence-electron chi connectivity index (χ3n) is 10.4. The Bertz CT molecular complexity index is 1550. The number of ether oxygens (including phenoxy) is 1. The third kappa shape index (κ3) is 5.42. The Hall–Kier alpha value is -3.65. The number of aliphatic hydroxyl groups is 1. The number of non-ortho nitro benzene ring substituents is 1. The fraction of sp³-hybridized carbons (Fsp3) is 0.545. The quantitative estimate of drug-likeness (QED) is 0.248.